The molecule has 5 rings (SSSR count). The van der Waals surface area contributed by atoms with Gasteiger partial charge in [0.05, 0.1) is 23.2 Å². The van der Waals surface area contributed by atoms with E-state index in [0.717, 1.165) is 5.56 Å². The molecule has 1 aliphatic rings. The molecule has 29 heavy (non-hydrogen) atoms. The van der Waals surface area contributed by atoms with Crippen molar-refractivity contribution >= 4 is 34.6 Å². The zero-order chi connectivity index (χ0) is 19.8. The molecule has 0 unspecified atom stereocenters. The Morgan fingerprint density at radius 2 is 2.03 bits per heavy atom. The van der Waals surface area contributed by atoms with Gasteiger partial charge in [0.25, 0.3) is 5.91 Å². The number of amides is 1. The number of halogens is 1. The zero-order valence-corrected chi connectivity index (χ0v) is 14.9. The van der Waals surface area contributed by atoms with Gasteiger partial charge < -0.3 is 19.2 Å². The standard InChI is InChI=1S/C21H14FN3O4/c22-14-10-16-13(9-17(14)23-21(26)19-2-1-7-27-19)15(24-25-16)5-3-12-4-6-18-20(8-12)29-11-28-18/h1-10H,11H2,(H,23,26)(H,24,25)/b5-3+. The second-order valence-corrected chi connectivity index (χ2v) is 6.36. The Morgan fingerprint density at radius 1 is 1.14 bits per heavy atom. The summed E-state index contributed by atoms with van der Waals surface area (Å²) < 4.78 is 30.1. The molecule has 0 fully saturated rings. The number of carbonyl (C=O) groups is 1. The van der Waals surface area contributed by atoms with E-state index in [2.05, 4.69) is 15.5 Å². The van der Waals surface area contributed by atoms with Crippen LogP contribution in [-0.4, -0.2) is 22.9 Å². The Labute approximate surface area is 163 Å². The third kappa shape index (κ3) is 3.20. The first-order chi connectivity index (χ1) is 14.2. The van der Waals surface area contributed by atoms with Crippen molar-refractivity contribution in [2.45, 2.75) is 0 Å². The van der Waals surface area contributed by atoms with E-state index in [1.165, 1.54) is 24.5 Å². The van der Waals surface area contributed by atoms with Crippen LogP contribution in [0.4, 0.5) is 10.1 Å². The average Bonchev–Trinajstić information content (AvgIpc) is 3.47. The lowest BCUT2D eigenvalue weighted by Gasteiger charge is -2.05. The van der Waals surface area contributed by atoms with Crippen molar-refractivity contribution in [3.05, 3.63) is 71.6 Å². The van der Waals surface area contributed by atoms with Crippen LogP contribution in [0.15, 0.2) is 53.1 Å². The fourth-order valence-corrected chi connectivity index (χ4v) is 3.06. The number of benzene rings is 2. The zero-order valence-electron chi connectivity index (χ0n) is 14.9. The maximum atomic E-state index is 14.4. The van der Waals surface area contributed by atoms with Crippen molar-refractivity contribution < 1.29 is 23.1 Å². The Morgan fingerprint density at radius 3 is 2.90 bits per heavy atom. The minimum absolute atomic E-state index is 0.0398. The predicted molar refractivity (Wildman–Crippen MR) is 104 cm³/mol. The van der Waals surface area contributed by atoms with Crippen LogP contribution in [0, 0.1) is 5.82 Å². The summed E-state index contributed by atoms with van der Waals surface area (Å²) in [6, 6.07) is 11.5. The molecule has 7 nitrogen and oxygen atoms in total. The molecule has 3 heterocycles. The smallest absolute Gasteiger partial charge is 0.291 e. The van der Waals surface area contributed by atoms with Gasteiger partial charge in [-0.25, -0.2) is 4.39 Å². The molecule has 0 aliphatic carbocycles. The van der Waals surface area contributed by atoms with Gasteiger partial charge in [-0.2, -0.15) is 5.10 Å². The summed E-state index contributed by atoms with van der Waals surface area (Å²) in [5.41, 5.74) is 2.06. The van der Waals surface area contributed by atoms with Crippen molar-refractivity contribution in [2.24, 2.45) is 0 Å². The van der Waals surface area contributed by atoms with Gasteiger partial charge in [-0.1, -0.05) is 12.1 Å². The van der Waals surface area contributed by atoms with E-state index in [-0.39, 0.29) is 18.2 Å². The number of furan rings is 1. The normalized spacial score (nSPS) is 12.7. The van der Waals surface area contributed by atoms with Crippen LogP contribution in [0.5, 0.6) is 11.5 Å². The van der Waals surface area contributed by atoms with Crippen LogP contribution in [0.2, 0.25) is 0 Å². The van der Waals surface area contributed by atoms with Crippen molar-refractivity contribution in [1.29, 1.82) is 0 Å². The highest BCUT2D eigenvalue weighted by Gasteiger charge is 2.15. The number of aromatic nitrogens is 2. The topological polar surface area (TPSA) is 89.4 Å². The van der Waals surface area contributed by atoms with Crippen LogP contribution in [0.3, 0.4) is 0 Å². The second kappa shape index (κ2) is 6.83. The van der Waals surface area contributed by atoms with Crippen molar-refractivity contribution in [3.8, 4) is 11.5 Å². The number of ether oxygens (including phenoxy) is 2. The molecule has 1 aliphatic heterocycles. The number of nitrogens with zero attached hydrogens (tertiary/aromatic N) is 1. The summed E-state index contributed by atoms with van der Waals surface area (Å²) in [6.45, 7) is 0.213. The molecule has 0 spiro atoms. The van der Waals surface area contributed by atoms with E-state index in [1.54, 1.807) is 12.1 Å². The first kappa shape index (κ1) is 17.1. The minimum Gasteiger partial charge on any atom is -0.459 e. The average molecular weight is 391 g/mol. The van der Waals surface area contributed by atoms with E-state index in [0.29, 0.717) is 28.1 Å². The maximum absolute atomic E-state index is 14.4. The summed E-state index contributed by atoms with van der Waals surface area (Å²) in [6.07, 6.45) is 5.04. The molecule has 0 saturated heterocycles. The molecule has 2 aromatic heterocycles. The summed E-state index contributed by atoms with van der Waals surface area (Å²) in [5.74, 6) is 0.380. The fraction of sp³-hybridized carbons (Fsp3) is 0.0476. The molecule has 0 bridgehead atoms. The van der Waals surface area contributed by atoms with Gasteiger partial charge in [-0.05, 0) is 42.0 Å². The van der Waals surface area contributed by atoms with Gasteiger partial charge in [0.2, 0.25) is 6.79 Å². The highest BCUT2D eigenvalue weighted by molar-refractivity contribution is 6.04. The van der Waals surface area contributed by atoms with E-state index in [4.69, 9.17) is 13.9 Å². The van der Waals surface area contributed by atoms with Gasteiger partial charge in [0, 0.05) is 11.5 Å². The molecule has 1 amide bonds. The highest BCUT2D eigenvalue weighted by Crippen LogP contribution is 2.33. The molecule has 2 N–H and O–H groups in total. The van der Waals surface area contributed by atoms with Crippen molar-refractivity contribution in [3.63, 3.8) is 0 Å². The quantitative estimate of drug-likeness (QED) is 0.537. The number of carbonyl (C=O) groups excluding carboxylic acids is 1. The monoisotopic (exact) mass is 391 g/mol. The SMILES string of the molecule is O=C(Nc1cc2c(/C=C/c3ccc4c(c3)OCO4)n[nH]c2cc1F)c1ccco1. The number of hydrogen-bond acceptors (Lipinski definition) is 5. The molecule has 0 radical (unpaired) electrons. The molecule has 8 heteroatoms. The van der Waals surface area contributed by atoms with Crippen LogP contribution in [0.1, 0.15) is 21.8 Å². The number of rotatable bonds is 4. The van der Waals surface area contributed by atoms with Gasteiger partial charge in [0.15, 0.2) is 17.3 Å². The van der Waals surface area contributed by atoms with E-state index in [1.807, 2.05) is 24.3 Å². The van der Waals surface area contributed by atoms with Gasteiger partial charge in [-0.3, -0.25) is 9.89 Å². The highest BCUT2D eigenvalue weighted by atomic mass is 19.1. The lowest BCUT2D eigenvalue weighted by molar-refractivity contribution is 0.0996. The second-order valence-electron chi connectivity index (χ2n) is 6.36. The summed E-state index contributed by atoms with van der Waals surface area (Å²) in [7, 11) is 0. The number of aromatic amines is 1. The molecule has 0 atom stereocenters. The molecule has 4 aromatic rings. The number of anilines is 1. The van der Waals surface area contributed by atoms with Gasteiger partial charge >= 0.3 is 0 Å². The predicted octanol–water partition coefficient (Wildman–Crippen LogP) is 4.45. The first-order valence-electron chi connectivity index (χ1n) is 8.77. The number of nitrogens with one attached hydrogen (secondary N) is 2. The number of fused-ring (bicyclic) bond motifs is 2. The van der Waals surface area contributed by atoms with Crippen molar-refractivity contribution in [2.75, 3.05) is 12.1 Å². The summed E-state index contributed by atoms with van der Waals surface area (Å²) in [4.78, 5) is 12.2. The Kier molecular flexibility index (Phi) is 4.02. The van der Waals surface area contributed by atoms with Gasteiger partial charge in [-0.15, -0.1) is 0 Å². The maximum Gasteiger partial charge on any atom is 0.291 e. The lowest BCUT2D eigenvalue weighted by atomic mass is 10.1. The van der Waals surface area contributed by atoms with Crippen LogP contribution < -0.4 is 14.8 Å². The first-order valence-corrected chi connectivity index (χ1v) is 8.77. The molecular weight excluding hydrogens is 377 g/mol. The third-order valence-corrected chi connectivity index (χ3v) is 4.50. The Bertz CT molecular complexity index is 1240. The van der Waals surface area contributed by atoms with E-state index >= 15 is 0 Å². The summed E-state index contributed by atoms with van der Waals surface area (Å²) in [5, 5.41) is 10.2. The molecule has 144 valence electrons. The molecule has 2 aromatic carbocycles. The third-order valence-electron chi connectivity index (χ3n) is 4.50. The van der Waals surface area contributed by atoms with Crippen LogP contribution >= 0.6 is 0 Å². The Hall–Kier alpha value is -4.07. The lowest BCUT2D eigenvalue weighted by Crippen LogP contribution is -2.12. The van der Waals surface area contributed by atoms with Crippen LogP contribution in [0.25, 0.3) is 23.1 Å². The molecule has 0 saturated carbocycles. The minimum atomic E-state index is -0.577. The fourth-order valence-electron chi connectivity index (χ4n) is 3.06. The largest absolute Gasteiger partial charge is 0.459 e. The Balaban J connectivity index is 1.44. The van der Waals surface area contributed by atoms with E-state index in [9.17, 15) is 9.18 Å². The van der Waals surface area contributed by atoms with E-state index < -0.39 is 11.7 Å². The van der Waals surface area contributed by atoms with Gasteiger partial charge in [0.1, 0.15) is 5.82 Å². The number of H-pyrrole nitrogens is 1. The van der Waals surface area contributed by atoms with Crippen molar-refractivity contribution in [1.82, 2.24) is 10.2 Å². The molecular formula is C21H14FN3O4. The summed E-state index contributed by atoms with van der Waals surface area (Å²) >= 11 is 0. The number of hydrogen-bond donors (Lipinski definition) is 2. The van der Waals surface area contributed by atoms with Crippen LogP contribution in [-0.2, 0) is 0 Å².